The van der Waals surface area contributed by atoms with Crippen LogP contribution < -0.4 is 10.5 Å². The fourth-order valence-electron chi connectivity index (χ4n) is 3.43. The standard InChI is InChI=1S/C18H27ClN2O4.C2H4O2/c1-2-6-18(12-22)11-21(8-5-16(18)23)17(24)14-10-13(19)3-4-15(14)25-9-7-20;1-2(3)4/h3-4,10,16,22-23H,2,5-9,11-12,20H2,1H3;1H3,(H,3,4)/t16-,18+;/m1./s1. The number of likely N-dealkylation sites (tertiary alicyclic amines) is 1. The van der Waals surface area contributed by atoms with Crippen LogP contribution in [0.15, 0.2) is 18.2 Å². The zero-order chi connectivity index (χ0) is 22.0. The second-order valence-corrected chi connectivity index (χ2v) is 7.53. The third kappa shape index (κ3) is 7.15. The molecule has 1 fully saturated rings. The number of carbonyl (C=O) groups excluding carboxylic acids is 1. The Labute approximate surface area is 176 Å². The van der Waals surface area contributed by atoms with Crippen molar-refractivity contribution < 1.29 is 29.6 Å². The molecule has 1 aromatic rings. The van der Waals surface area contributed by atoms with Crippen molar-refractivity contribution in [3.63, 3.8) is 0 Å². The summed E-state index contributed by atoms with van der Waals surface area (Å²) >= 11 is 6.06. The molecule has 1 aliphatic heterocycles. The van der Waals surface area contributed by atoms with E-state index in [1.54, 1.807) is 23.1 Å². The number of hydrogen-bond donors (Lipinski definition) is 4. The Morgan fingerprint density at radius 3 is 2.62 bits per heavy atom. The third-order valence-electron chi connectivity index (χ3n) is 4.78. The van der Waals surface area contributed by atoms with Crippen LogP contribution in [0, 0.1) is 5.41 Å². The number of nitrogens with two attached hydrogens (primary N) is 1. The van der Waals surface area contributed by atoms with Crippen LogP contribution in [0.25, 0.3) is 0 Å². The van der Waals surface area contributed by atoms with Gasteiger partial charge in [0.2, 0.25) is 0 Å². The first-order chi connectivity index (χ1) is 13.7. The molecule has 0 aromatic heterocycles. The average molecular weight is 431 g/mol. The molecule has 0 aliphatic carbocycles. The van der Waals surface area contributed by atoms with E-state index in [2.05, 4.69) is 0 Å². The van der Waals surface area contributed by atoms with Gasteiger partial charge in [-0.2, -0.15) is 0 Å². The topological polar surface area (TPSA) is 133 Å². The molecule has 0 saturated carbocycles. The Morgan fingerprint density at radius 2 is 2.07 bits per heavy atom. The van der Waals surface area contributed by atoms with Crippen LogP contribution >= 0.6 is 11.6 Å². The third-order valence-corrected chi connectivity index (χ3v) is 5.02. The molecule has 1 amide bonds. The van der Waals surface area contributed by atoms with Crippen LogP contribution in [0.3, 0.4) is 0 Å². The normalized spacial score (nSPS) is 21.2. The summed E-state index contributed by atoms with van der Waals surface area (Å²) in [5.74, 6) is -0.605. The lowest BCUT2D eigenvalue weighted by molar-refractivity contribution is -0.134. The molecule has 5 N–H and O–H groups in total. The smallest absolute Gasteiger partial charge is 0.300 e. The second kappa shape index (κ2) is 12.0. The number of aliphatic hydroxyl groups excluding tert-OH is 2. The van der Waals surface area contributed by atoms with Crippen LogP contribution in [-0.2, 0) is 4.79 Å². The van der Waals surface area contributed by atoms with E-state index in [9.17, 15) is 15.0 Å². The number of halogens is 1. The van der Waals surface area contributed by atoms with E-state index in [1.807, 2.05) is 6.92 Å². The fourth-order valence-corrected chi connectivity index (χ4v) is 3.61. The van der Waals surface area contributed by atoms with E-state index in [4.69, 9.17) is 32.0 Å². The SMILES string of the molecule is CC(=O)O.CCC[C@@]1(CO)CN(C(=O)c2cc(Cl)ccc2OCCN)CC[C@H]1O. The molecule has 1 heterocycles. The van der Waals surface area contributed by atoms with E-state index in [1.165, 1.54) is 0 Å². The number of carboxylic acids is 1. The minimum absolute atomic E-state index is 0.155. The van der Waals surface area contributed by atoms with Crippen molar-refractivity contribution in [2.24, 2.45) is 11.1 Å². The summed E-state index contributed by atoms with van der Waals surface area (Å²) in [5, 5.41) is 28.1. The average Bonchev–Trinajstić information content (AvgIpc) is 2.68. The molecule has 8 nitrogen and oxygen atoms in total. The Kier molecular flexibility index (Phi) is 10.4. The number of carbonyl (C=O) groups is 2. The van der Waals surface area contributed by atoms with Gasteiger partial charge in [0.15, 0.2) is 0 Å². The number of ether oxygens (including phenoxy) is 1. The van der Waals surface area contributed by atoms with Gasteiger partial charge in [0.25, 0.3) is 11.9 Å². The molecule has 9 heteroatoms. The molecule has 1 aromatic carbocycles. The van der Waals surface area contributed by atoms with Crippen molar-refractivity contribution in [1.29, 1.82) is 0 Å². The van der Waals surface area contributed by atoms with Crippen LogP contribution in [0.2, 0.25) is 5.02 Å². The molecule has 1 saturated heterocycles. The number of piperidine rings is 1. The highest BCUT2D eigenvalue weighted by Crippen LogP contribution is 2.36. The van der Waals surface area contributed by atoms with Gasteiger partial charge in [-0.3, -0.25) is 9.59 Å². The maximum Gasteiger partial charge on any atom is 0.300 e. The first-order valence-corrected chi connectivity index (χ1v) is 9.98. The Morgan fingerprint density at radius 1 is 1.41 bits per heavy atom. The maximum atomic E-state index is 13.0. The van der Waals surface area contributed by atoms with Crippen molar-refractivity contribution in [1.82, 2.24) is 4.90 Å². The summed E-state index contributed by atoms with van der Waals surface area (Å²) in [7, 11) is 0. The number of aliphatic hydroxyl groups is 2. The molecule has 0 spiro atoms. The Balaban J connectivity index is 0.000000960. The number of benzene rings is 1. The number of aliphatic carboxylic acids is 1. The first kappa shape index (κ1) is 25.2. The number of nitrogens with zero attached hydrogens (tertiary/aromatic N) is 1. The molecule has 0 unspecified atom stereocenters. The largest absolute Gasteiger partial charge is 0.491 e. The lowest BCUT2D eigenvalue weighted by Gasteiger charge is -2.45. The van der Waals surface area contributed by atoms with Crippen molar-refractivity contribution in [3.05, 3.63) is 28.8 Å². The van der Waals surface area contributed by atoms with Crippen LogP contribution in [-0.4, -0.2) is 71.0 Å². The highest BCUT2D eigenvalue weighted by atomic mass is 35.5. The summed E-state index contributed by atoms with van der Waals surface area (Å²) in [4.78, 5) is 23.7. The lowest BCUT2D eigenvalue weighted by Crippen LogP contribution is -2.55. The van der Waals surface area contributed by atoms with Gasteiger partial charge in [-0.05, 0) is 31.0 Å². The van der Waals surface area contributed by atoms with Crippen LogP contribution in [0.1, 0.15) is 43.5 Å². The predicted molar refractivity (Wildman–Crippen MR) is 110 cm³/mol. The van der Waals surface area contributed by atoms with E-state index in [0.717, 1.165) is 13.3 Å². The minimum Gasteiger partial charge on any atom is -0.491 e. The molecule has 164 valence electrons. The van der Waals surface area contributed by atoms with Gasteiger partial charge in [0, 0.05) is 37.0 Å². The van der Waals surface area contributed by atoms with Crippen molar-refractivity contribution in [2.75, 3.05) is 32.8 Å². The summed E-state index contributed by atoms with van der Waals surface area (Å²) in [6.07, 6.45) is 1.29. The van der Waals surface area contributed by atoms with Gasteiger partial charge < -0.3 is 30.7 Å². The van der Waals surface area contributed by atoms with E-state index < -0.39 is 17.5 Å². The number of carboxylic acid groups (broad SMARTS) is 1. The summed E-state index contributed by atoms with van der Waals surface area (Å²) in [6.45, 7) is 4.31. The molecular weight excluding hydrogens is 400 g/mol. The quantitative estimate of drug-likeness (QED) is 0.517. The highest BCUT2D eigenvalue weighted by Gasteiger charge is 2.43. The number of amides is 1. The molecule has 2 rings (SSSR count). The van der Waals surface area contributed by atoms with Crippen LogP contribution in [0.5, 0.6) is 5.75 Å². The van der Waals surface area contributed by atoms with E-state index in [-0.39, 0.29) is 12.5 Å². The summed E-state index contributed by atoms with van der Waals surface area (Å²) < 4.78 is 5.57. The van der Waals surface area contributed by atoms with E-state index >= 15 is 0 Å². The molecule has 1 aliphatic rings. The van der Waals surface area contributed by atoms with Gasteiger partial charge in [-0.1, -0.05) is 24.9 Å². The predicted octanol–water partition coefficient (Wildman–Crippen LogP) is 1.75. The number of rotatable bonds is 7. The molecule has 0 bridgehead atoms. The minimum atomic E-state index is -0.833. The number of hydrogen-bond acceptors (Lipinski definition) is 6. The molecule has 2 atom stereocenters. The Hall–Kier alpha value is -1.87. The van der Waals surface area contributed by atoms with Crippen molar-refractivity contribution in [3.8, 4) is 5.75 Å². The van der Waals surface area contributed by atoms with Gasteiger partial charge in [0.1, 0.15) is 12.4 Å². The Bertz CT molecular complexity index is 683. The monoisotopic (exact) mass is 430 g/mol. The van der Waals surface area contributed by atoms with E-state index in [0.29, 0.717) is 55.4 Å². The zero-order valence-electron chi connectivity index (χ0n) is 16.9. The lowest BCUT2D eigenvalue weighted by atomic mass is 9.74. The highest BCUT2D eigenvalue weighted by molar-refractivity contribution is 6.31. The molecular formula is C20H31ClN2O6. The van der Waals surface area contributed by atoms with Crippen LogP contribution in [0.4, 0.5) is 0 Å². The first-order valence-electron chi connectivity index (χ1n) is 9.61. The van der Waals surface area contributed by atoms with Gasteiger partial charge >= 0.3 is 0 Å². The fraction of sp³-hybridized carbons (Fsp3) is 0.600. The zero-order valence-corrected chi connectivity index (χ0v) is 17.7. The van der Waals surface area contributed by atoms with Gasteiger partial charge in [-0.25, -0.2) is 0 Å². The summed E-state index contributed by atoms with van der Waals surface area (Å²) in [6, 6.07) is 4.91. The van der Waals surface area contributed by atoms with Gasteiger partial charge in [0.05, 0.1) is 18.3 Å². The molecule has 0 radical (unpaired) electrons. The van der Waals surface area contributed by atoms with Gasteiger partial charge in [-0.15, -0.1) is 0 Å². The molecule has 29 heavy (non-hydrogen) atoms. The second-order valence-electron chi connectivity index (χ2n) is 7.10. The van der Waals surface area contributed by atoms with Crippen molar-refractivity contribution in [2.45, 2.75) is 39.2 Å². The maximum absolute atomic E-state index is 13.0. The summed E-state index contributed by atoms with van der Waals surface area (Å²) in [5.41, 5.74) is 5.17. The van der Waals surface area contributed by atoms with Crippen molar-refractivity contribution >= 4 is 23.5 Å².